The van der Waals surface area contributed by atoms with E-state index in [0.29, 0.717) is 5.02 Å². The zero-order valence-electron chi connectivity index (χ0n) is 8.67. The maximum atomic E-state index is 5.76. The molecule has 1 aromatic carbocycles. The Kier molecular flexibility index (Phi) is 3.46. The van der Waals surface area contributed by atoms with Crippen molar-refractivity contribution >= 4 is 39.0 Å². The quantitative estimate of drug-likeness (QED) is 0.879. The summed E-state index contributed by atoms with van der Waals surface area (Å²) in [5, 5.41) is 3.85. The molecule has 0 unspecified atom stereocenters. The van der Waals surface area contributed by atoms with Crippen molar-refractivity contribution in [2.75, 3.05) is 5.32 Å². The molecule has 1 N–H and O–H groups in total. The molecule has 4 heteroatoms. The van der Waals surface area contributed by atoms with Crippen molar-refractivity contribution in [3.8, 4) is 0 Å². The fourth-order valence-electron chi connectivity index (χ4n) is 1.32. The topological polar surface area (TPSA) is 24.9 Å². The molecular weight excluding hydrogens is 288 g/mol. The lowest BCUT2D eigenvalue weighted by Gasteiger charge is -2.07. The number of benzene rings is 1. The third-order valence-electron chi connectivity index (χ3n) is 2.16. The molecule has 2 rings (SSSR count). The highest BCUT2D eigenvalue weighted by Crippen LogP contribution is 2.22. The first-order valence-electron chi connectivity index (χ1n) is 4.80. The van der Waals surface area contributed by atoms with Crippen molar-refractivity contribution in [1.29, 1.82) is 0 Å². The summed E-state index contributed by atoms with van der Waals surface area (Å²) in [5.41, 5.74) is 2.19. The van der Waals surface area contributed by atoms with Crippen LogP contribution in [0.4, 0.5) is 11.5 Å². The molecule has 0 saturated carbocycles. The van der Waals surface area contributed by atoms with E-state index in [1.165, 1.54) is 5.56 Å². The van der Waals surface area contributed by atoms with E-state index in [2.05, 4.69) is 32.3 Å². The van der Waals surface area contributed by atoms with Crippen molar-refractivity contribution in [3.05, 3.63) is 51.6 Å². The second-order valence-corrected chi connectivity index (χ2v) is 4.74. The Balaban J connectivity index is 2.20. The third kappa shape index (κ3) is 2.74. The molecule has 1 aromatic heterocycles. The average Bonchev–Trinajstić information content (AvgIpc) is 2.27. The van der Waals surface area contributed by atoms with Crippen molar-refractivity contribution in [2.24, 2.45) is 0 Å². The van der Waals surface area contributed by atoms with Crippen molar-refractivity contribution in [3.63, 3.8) is 0 Å². The normalized spacial score (nSPS) is 10.2. The lowest BCUT2D eigenvalue weighted by Crippen LogP contribution is -1.93. The SMILES string of the molecule is Cc1cc(Nc2ccc(Cl)cn2)ccc1Br. The number of aromatic nitrogens is 1. The second-order valence-electron chi connectivity index (χ2n) is 3.45. The van der Waals surface area contributed by atoms with E-state index in [9.17, 15) is 0 Å². The number of hydrogen-bond acceptors (Lipinski definition) is 2. The van der Waals surface area contributed by atoms with Crippen LogP contribution < -0.4 is 5.32 Å². The van der Waals surface area contributed by atoms with Gasteiger partial charge in [-0.2, -0.15) is 0 Å². The molecule has 82 valence electrons. The minimum Gasteiger partial charge on any atom is -0.340 e. The molecule has 0 bridgehead atoms. The van der Waals surface area contributed by atoms with Gasteiger partial charge in [-0.1, -0.05) is 27.5 Å². The fraction of sp³-hybridized carbons (Fsp3) is 0.0833. The molecule has 0 aliphatic rings. The monoisotopic (exact) mass is 296 g/mol. The van der Waals surface area contributed by atoms with Gasteiger partial charge in [0.25, 0.3) is 0 Å². The Bertz CT molecular complexity index is 497. The molecule has 2 aromatic rings. The minimum atomic E-state index is 0.637. The predicted molar refractivity (Wildman–Crippen MR) is 71.4 cm³/mol. The summed E-state index contributed by atoms with van der Waals surface area (Å²) in [5.74, 6) is 0.783. The van der Waals surface area contributed by atoms with Gasteiger partial charge in [0, 0.05) is 16.4 Å². The van der Waals surface area contributed by atoms with E-state index in [0.717, 1.165) is 16.0 Å². The molecule has 0 atom stereocenters. The number of nitrogens with one attached hydrogen (secondary N) is 1. The molecule has 1 heterocycles. The van der Waals surface area contributed by atoms with Crippen LogP contribution in [0.15, 0.2) is 41.0 Å². The van der Waals surface area contributed by atoms with Crippen LogP contribution in [0.25, 0.3) is 0 Å². The molecule has 0 aliphatic carbocycles. The van der Waals surface area contributed by atoms with Crippen LogP contribution in [0, 0.1) is 6.92 Å². The minimum absolute atomic E-state index is 0.637. The van der Waals surface area contributed by atoms with Crippen molar-refractivity contribution in [2.45, 2.75) is 6.92 Å². The van der Waals surface area contributed by atoms with Crippen LogP contribution in [0.5, 0.6) is 0 Å². The molecule has 2 nitrogen and oxygen atoms in total. The maximum absolute atomic E-state index is 5.76. The van der Waals surface area contributed by atoms with Crippen molar-refractivity contribution < 1.29 is 0 Å². The Morgan fingerprint density at radius 2 is 2.06 bits per heavy atom. The zero-order chi connectivity index (χ0) is 11.5. The largest absolute Gasteiger partial charge is 0.340 e. The summed E-state index contributed by atoms with van der Waals surface area (Å²) in [6.07, 6.45) is 1.62. The van der Waals surface area contributed by atoms with Gasteiger partial charge in [-0.25, -0.2) is 4.98 Å². The Hall–Kier alpha value is -1.06. The highest BCUT2D eigenvalue weighted by molar-refractivity contribution is 9.10. The molecule has 0 spiro atoms. The molecule has 0 fully saturated rings. The van der Waals surface area contributed by atoms with E-state index in [4.69, 9.17) is 11.6 Å². The van der Waals surface area contributed by atoms with E-state index in [-0.39, 0.29) is 0 Å². The Morgan fingerprint density at radius 3 is 2.69 bits per heavy atom. The molecule has 0 aliphatic heterocycles. The van der Waals surface area contributed by atoms with Gasteiger partial charge in [0.05, 0.1) is 5.02 Å². The van der Waals surface area contributed by atoms with Crippen molar-refractivity contribution in [1.82, 2.24) is 4.98 Å². The van der Waals surface area contributed by atoms with Gasteiger partial charge in [0.15, 0.2) is 0 Å². The third-order valence-corrected chi connectivity index (χ3v) is 3.27. The first kappa shape index (κ1) is 11.4. The first-order chi connectivity index (χ1) is 7.65. The van der Waals surface area contributed by atoms with Crippen LogP contribution in [0.2, 0.25) is 5.02 Å². The molecular formula is C12H10BrClN2. The second kappa shape index (κ2) is 4.85. The summed E-state index contributed by atoms with van der Waals surface area (Å²) in [6.45, 7) is 2.05. The summed E-state index contributed by atoms with van der Waals surface area (Å²) >= 11 is 9.23. The standard InChI is InChI=1S/C12H10BrClN2/c1-8-6-10(3-4-11(8)13)16-12-5-2-9(14)7-15-12/h2-7H,1H3,(H,15,16). The number of rotatable bonds is 2. The van der Waals surface area contributed by atoms with Gasteiger partial charge >= 0.3 is 0 Å². The smallest absolute Gasteiger partial charge is 0.130 e. The molecule has 0 radical (unpaired) electrons. The molecule has 0 amide bonds. The number of anilines is 2. The summed E-state index contributed by atoms with van der Waals surface area (Å²) in [6, 6.07) is 9.71. The van der Waals surface area contributed by atoms with Gasteiger partial charge in [0.1, 0.15) is 5.82 Å². The predicted octanol–water partition coefficient (Wildman–Crippen LogP) is 4.55. The lowest BCUT2D eigenvalue weighted by atomic mass is 10.2. The van der Waals surface area contributed by atoms with Crippen LogP contribution in [-0.4, -0.2) is 4.98 Å². The highest BCUT2D eigenvalue weighted by Gasteiger charge is 1.99. The van der Waals surface area contributed by atoms with Crippen LogP contribution in [0.1, 0.15) is 5.56 Å². The molecule has 16 heavy (non-hydrogen) atoms. The van der Waals surface area contributed by atoms with E-state index >= 15 is 0 Å². The number of aryl methyl sites for hydroxylation is 1. The van der Waals surface area contributed by atoms with Crippen LogP contribution in [0.3, 0.4) is 0 Å². The van der Waals surface area contributed by atoms with Gasteiger partial charge in [0.2, 0.25) is 0 Å². The number of halogens is 2. The maximum Gasteiger partial charge on any atom is 0.130 e. The summed E-state index contributed by atoms with van der Waals surface area (Å²) in [4.78, 5) is 4.17. The lowest BCUT2D eigenvalue weighted by molar-refractivity contribution is 1.30. The van der Waals surface area contributed by atoms with E-state index in [1.54, 1.807) is 6.20 Å². The van der Waals surface area contributed by atoms with Gasteiger partial charge < -0.3 is 5.32 Å². The number of hydrogen-bond donors (Lipinski definition) is 1. The van der Waals surface area contributed by atoms with Gasteiger partial charge in [-0.05, 0) is 42.8 Å². The average molecular weight is 298 g/mol. The van der Waals surface area contributed by atoms with E-state index in [1.807, 2.05) is 31.2 Å². The van der Waals surface area contributed by atoms with Gasteiger partial charge in [-0.15, -0.1) is 0 Å². The Morgan fingerprint density at radius 1 is 1.25 bits per heavy atom. The van der Waals surface area contributed by atoms with E-state index < -0.39 is 0 Å². The fourth-order valence-corrected chi connectivity index (χ4v) is 1.68. The highest BCUT2D eigenvalue weighted by atomic mass is 79.9. The van der Waals surface area contributed by atoms with Gasteiger partial charge in [-0.3, -0.25) is 0 Å². The summed E-state index contributed by atoms with van der Waals surface area (Å²) < 4.78 is 1.10. The molecule has 0 saturated heterocycles. The number of pyridine rings is 1. The number of nitrogens with zero attached hydrogens (tertiary/aromatic N) is 1. The first-order valence-corrected chi connectivity index (χ1v) is 5.97. The zero-order valence-corrected chi connectivity index (χ0v) is 11.0. The summed E-state index contributed by atoms with van der Waals surface area (Å²) in [7, 11) is 0. The Labute approximate surface area is 108 Å². The van der Waals surface area contributed by atoms with Crippen LogP contribution >= 0.6 is 27.5 Å². The van der Waals surface area contributed by atoms with Crippen LogP contribution in [-0.2, 0) is 0 Å².